The van der Waals surface area contributed by atoms with Crippen molar-refractivity contribution >= 4 is 27.5 Å². The van der Waals surface area contributed by atoms with Crippen LogP contribution in [0.3, 0.4) is 0 Å². The maximum atomic E-state index is 5.87. The van der Waals surface area contributed by atoms with Crippen LogP contribution in [0.2, 0.25) is 5.02 Å². The fourth-order valence-corrected chi connectivity index (χ4v) is 3.12. The molecule has 1 saturated heterocycles. The van der Waals surface area contributed by atoms with Crippen LogP contribution in [-0.4, -0.2) is 18.0 Å². The highest BCUT2D eigenvalue weighted by Crippen LogP contribution is 2.27. The molecule has 1 aliphatic rings. The lowest BCUT2D eigenvalue weighted by Gasteiger charge is -2.26. The van der Waals surface area contributed by atoms with Gasteiger partial charge >= 0.3 is 0 Å². The number of rotatable bonds is 3. The van der Waals surface area contributed by atoms with Crippen molar-refractivity contribution in [3.63, 3.8) is 0 Å². The Morgan fingerprint density at radius 1 is 1.25 bits per heavy atom. The monoisotopic (exact) mass is 302 g/mol. The van der Waals surface area contributed by atoms with Crippen molar-refractivity contribution in [2.24, 2.45) is 5.92 Å². The van der Waals surface area contributed by atoms with Crippen LogP contribution in [0.4, 0.5) is 0 Å². The summed E-state index contributed by atoms with van der Waals surface area (Å²) in [7, 11) is 0. The molecule has 16 heavy (non-hydrogen) atoms. The first-order valence-electron chi connectivity index (χ1n) is 5.72. The number of hydrogen-bond acceptors (Lipinski definition) is 1. The van der Waals surface area contributed by atoms with Gasteiger partial charge in [-0.15, -0.1) is 0 Å². The van der Waals surface area contributed by atoms with Gasteiger partial charge in [0.15, 0.2) is 0 Å². The van der Waals surface area contributed by atoms with Gasteiger partial charge < -0.3 is 4.74 Å². The number of hydrogen-bond donors (Lipinski definition) is 0. The molecule has 0 N–H and O–H groups in total. The third kappa shape index (κ3) is 3.47. The van der Waals surface area contributed by atoms with Crippen molar-refractivity contribution in [3.8, 4) is 0 Å². The van der Waals surface area contributed by atoms with Gasteiger partial charge in [-0.25, -0.2) is 0 Å². The Balaban J connectivity index is 1.90. The van der Waals surface area contributed by atoms with Crippen LogP contribution in [-0.2, 0) is 11.2 Å². The summed E-state index contributed by atoms with van der Waals surface area (Å²) in [6.07, 6.45) is 3.41. The van der Waals surface area contributed by atoms with Crippen LogP contribution in [0.25, 0.3) is 0 Å². The third-order valence-electron chi connectivity index (χ3n) is 3.12. The van der Waals surface area contributed by atoms with Crippen molar-refractivity contribution in [3.05, 3.63) is 34.9 Å². The van der Waals surface area contributed by atoms with Gasteiger partial charge in [0.05, 0.1) is 0 Å². The Bertz CT molecular complexity index is 319. The Morgan fingerprint density at radius 3 is 2.50 bits per heavy atom. The highest BCUT2D eigenvalue weighted by molar-refractivity contribution is 9.09. The van der Waals surface area contributed by atoms with Crippen LogP contribution in [0.1, 0.15) is 18.4 Å². The summed E-state index contributed by atoms with van der Waals surface area (Å²) in [5.41, 5.74) is 1.35. The lowest BCUT2D eigenvalue weighted by molar-refractivity contribution is 0.0662. The van der Waals surface area contributed by atoms with E-state index in [-0.39, 0.29) is 0 Å². The Labute approximate surface area is 110 Å². The molecule has 0 aromatic heterocycles. The minimum absolute atomic E-state index is 0.553. The highest BCUT2D eigenvalue weighted by Gasteiger charge is 2.21. The molecular weight excluding hydrogens is 287 g/mol. The van der Waals surface area contributed by atoms with E-state index in [1.807, 2.05) is 12.1 Å². The van der Waals surface area contributed by atoms with Gasteiger partial charge in [-0.2, -0.15) is 0 Å². The van der Waals surface area contributed by atoms with Gasteiger partial charge in [-0.3, -0.25) is 0 Å². The number of benzene rings is 1. The fourth-order valence-electron chi connectivity index (χ4n) is 2.09. The zero-order chi connectivity index (χ0) is 11.4. The molecule has 1 atom stereocenters. The van der Waals surface area contributed by atoms with Crippen molar-refractivity contribution in [1.29, 1.82) is 0 Å². The topological polar surface area (TPSA) is 9.23 Å². The molecular formula is C13H16BrClO. The second-order valence-electron chi connectivity index (χ2n) is 4.30. The molecule has 1 fully saturated rings. The minimum Gasteiger partial charge on any atom is -0.381 e. The van der Waals surface area contributed by atoms with Crippen LogP contribution >= 0.6 is 27.5 Å². The summed E-state index contributed by atoms with van der Waals surface area (Å²) >= 11 is 9.67. The minimum atomic E-state index is 0.553. The lowest BCUT2D eigenvalue weighted by atomic mass is 9.93. The van der Waals surface area contributed by atoms with E-state index in [0.29, 0.717) is 4.83 Å². The predicted octanol–water partition coefficient (Wildman–Crippen LogP) is 4.07. The van der Waals surface area contributed by atoms with Crippen molar-refractivity contribution in [2.45, 2.75) is 24.1 Å². The molecule has 0 spiro atoms. The van der Waals surface area contributed by atoms with Crippen molar-refractivity contribution in [2.75, 3.05) is 13.2 Å². The molecule has 3 heteroatoms. The molecule has 1 nitrogen and oxygen atoms in total. The zero-order valence-electron chi connectivity index (χ0n) is 9.16. The third-order valence-corrected chi connectivity index (χ3v) is 4.44. The normalized spacial score (nSPS) is 19.6. The molecule has 0 saturated carbocycles. The Hall–Kier alpha value is -0.0500. The molecule has 1 aromatic rings. The van der Waals surface area contributed by atoms with E-state index < -0.39 is 0 Å². The second-order valence-corrected chi connectivity index (χ2v) is 5.91. The van der Waals surface area contributed by atoms with E-state index in [2.05, 4.69) is 28.1 Å². The quantitative estimate of drug-likeness (QED) is 0.765. The molecule has 1 aliphatic heterocycles. The molecule has 0 bridgehead atoms. The van der Waals surface area contributed by atoms with Gasteiger partial charge in [0, 0.05) is 23.1 Å². The van der Waals surface area contributed by atoms with Gasteiger partial charge in [0.25, 0.3) is 0 Å². The molecule has 0 radical (unpaired) electrons. The van der Waals surface area contributed by atoms with Crippen molar-refractivity contribution in [1.82, 2.24) is 0 Å². The summed E-state index contributed by atoms with van der Waals surface area (Å²) in [6.45, 7) is 1.82. The Morgan fingerprint density at radius 2 is 1.88 bits per heavy atom. The summed E-state index contributed by atoms with van der Waals surface area (Å²) in [4.78, 5) is 0.553. The maximum absolute atomic E-state index is 5.87. The van der Waals surface area contributed by atoms with E-state index in [1.54, 1.807) is 0 Å². The first-order valence-corrected chi connectivity index (χ1v) is 7.01. The molecule has 1 unspecified atom stereocenters. The van der Waals surface area contributed by atoms with E-state index in [9.17, 15) is 0 Å². The van der Waals surface area contributed by atoms with Crippen LogP contribution in [0.5, 0.6) is 0 Å². The zero-order valence-corrected chi connectivity index (χ0v) is 11.5. The number of alkyl halides is 1. The number of ether oxygens (including phenoxy) is 1. The fraction of sp³-hybridized carbons (Fsp3) is 0.538. The average molecular weight is 304 g/mol. The van der Waals surface area contributed by atoms with Crippen LogP contribution in [0.15, 0.2) is 24.3 Å². The SMILES string of the molecule is Clc1ccc(CC(Br)C2CCOCC2)cc1. The summed E-state index contributed by atoms with van der Waals surface area (Å²) < 4.78 is 5.38. The molecule has 1 aromatic carbocycles. The van der Waals surface area contributed by atoms with Crippen LogP contribution < -0.4 is 0 Å². The summed E-state index contributed by atoms with van der Waals surface area (Å²) in [5, 5.41) is 0.806. The van der Waals surface area contributed by atoms with E-state index in [0.717, 1.165) is 30.6 Å². The highest BCUT2D eigenvalue weighted by atomic mass is 79.9. The molecule has 0 aliphatic carbocycles. The standard InChI is InChI=1S/C13H16BrClO/c14-13(11-5-7-16-8-6-11)9-10-1-3-12(15)4-2-10/h1-4,11,13H,5-9H2. The lowest BCUT2D eigenvalue weighted by Crippen LogP contribution is -2.24. The predicted molar refractivity (Wildman–Crippen MR) is 71.4 cm³/mol. The first-order chi connectivity index (χ1) is 7.75. The second kappa shape index (κ2) is 6.04. The average Bonchev–Trinajstić information content (AvgIpc) is 2.33. The van der Waals surface area contributed by atoms with E-state index >= 15 is 0 Å². The van der Waals surface area contributed by atoms with Gasteiger partial charge in [-0.05, 0) is 42.9 Å². The van der Waals surface area contributed by atoms with Crippen molar-refractivity contribution < 1.29 is 4.74 Å². The summed E-state index contributed by atoms with van der Waals surface area (Å²) in [6, 6.07) is 8.13. The van der Waals surface area contributed by atoms with Crippen LogP contribution in [0, 0.1) is 5.92 Å². The van der Waals surface area contributed by atoms with E-state index in [1.165, 1.54) is 18.4 Å². The maximum Gasteiger partial charge on any atom is 0.0469 e. The van der Waals surface area contributed by atoms with Gasteiger partial charge in [-0.1, -0.05) is 39.7 Å². The molecule has 1 heterocycles. The van der Waals surface area contributed by atoms with Gasteiger partial charge in [0.1, 0.15) is 0 Å². The molecule has 0 amide bonds. The van der Waals surface area contributed by atoms with Gasteiger partial charge in [0.2, 0.25) is 0 Å². The molecule has 2 rings (SSSR count). The first kappa shape index (κ1) is 12.4. The number of halogens is 2. The summed E-state index contributed by atoms with van der Waals surface area (Å²) in [5.74, 6) is 0.740. The largest absolute Gasteiger partial charge is 0.381 e. The smallest absolute Gasteiger partial charge is 0.0469 e. The van der Waals surface area contributed by atoms with E-state index in [4.69, 9.17) is 16.3 Å². The molecule has 88 valence electrons. The Kier molecular flexibility index (Phi) is 4.68.